The fourth-order valence-corrected chi connectivity index (χ4v) is 5.90. The normalized spacial score (nSPS) is 30.3. The van der Waals surface area contributed by atoms with Gasteiger partial charge in [-0.3, -0.25) is 20.4 Å². The van der Waals surface area contributed by atoms with Crippen molar-refractivity contribution in [3.8, 4) is 0 Å². The van der Waals surface area contributed by atoms with E-state index in [2.05, 4.69) is 21.5 Å². The van der Waals surface area contributed by atoms with Crippen LogP contribution in [0.2, 0.25) is 0 Å². The molecule has 0 saturated heterocycles. The number of nitrogens with one attached hydrogen (secondary N) is 4. The van der Waals surface area contributed by atoms with E-state index in [4.69, 9.17) is 12.2 Å². The average molecular weight is 419 g/mol. The van der Waals surface area contributed by atoms with Crippen molar-refractivity contribution in [1.82, 2.24) is 16.2 Å². The fraction of sp³-hybridized carbons (Fsp3) is 0.571. The van der Waals surface area contributed by atoms with Gasteiger partial charge in [-0.25, -0.2) is 4.39 Å². The van der Waals surface area contributed by atoms with Gasteiger partial charge in [0, 0.05) is 11.1 Å². The molecule has 2 amide bonds. The summed E-state index contributed by atoms with van der Waals surface area (Å²) in [4.78, 5) is 25.4. The number of carbonyl (C=O) groups is 2. The second kappa shape index (κ2) is 7.89. The van der Waals surface area contributed by atoms with Gasteiger partial charge < -0.3 is 10.6 Å². The number of hydrogen-bond acceptors (Lipinski definition) is 3. The second-order valence-corrected chi connectivity index (χ2v) is 9.38. The van der Waals surface area contributed by atoms with Crippen molar-refractivity contribution in [1.29, 1.82) is 0 Å². The number of anilines is 1. The first-order valence-electron chi connectivity index (χ1n) is 10.3. The van der Waals surface area contributed by atoms with Crippen LogP contribution in [-0.4, -0.2) is 23.0 Å². The highest BCUT2D eigenvalue weighted by molar-refractivity contribution is 7.80. The minimum atomic E-state index is -0.670. The zero-order valence-electron chi connectivity index (χ0n) is 16.5. The van der Waals surface area contributed by atoms with Crippen molar-refractivity contribution in [2.45, 2.75) is 51.5 Å². The number of amides is 2. The highest BCUT2D eigenvalue weighted by Gasteiger charge is 2.54. The molecule has 0 unspecified atom stereocenters. The van der Waals surface area contributed by atoms with Crippen LogP contribution >= 0.6 is 12.2 Å². The van der Waals surface area contributed by atoms with E-state index < -0.39 is 6.04 Å². The maximum Gasteiger partial charge on any atom is 0.260 e. The highest BCUT2D eigenvalue weighted by atomic mass is 32.1. The number of hydrogen-bond donors (Lipinski definition) is 4. The van der Waals surface area contributed by atoms with Crippen molar-refractivity contribution in [3.05, 3.63) is 30.1 Å². The van der Waals surface area contributed by atoms with E-state index in [1.165, 1.54) is 31.4 Å². The maximum absolute atomic E-state index is 13.0. The molecule has 4 bridgehead atoms. The lowest BCUT2D eigenvalue weighted by atomic mass is 9.49. The number of carbonyl (C=O) groups excluding carboxylic acids is 2. The van der Waals surface area contributed by atoms with E-state index >= 15 is 0 Å². The standard InChI is InChI=1S/C21H27FN4O2S/c1-12(18(27)25-26-20(29)24-17-4-2-16(22)3-5-17)23-19(28)21-9-13-6-14(10-21)8-15(7-13)11-21/h2-5,12-15H,6-11H2,1H3,(H,23,28)(H,25,27)(H2,24,26,29)/t12-,13?,14?,15?,21?/m0/s1. The molecular formula is C21H27FN4O2S. The molecule has 0 radical (unpaired) electrons. The Hall–Kier alpha value is -2.22. The van der Waals surface area contributed by atoms with Crippen LogP contribution in [0, 0.1) is 29.0 Å². The Kier molecular flexibility index (Phi) is 5.46. The molecule has 4 N–H and O–H groups in total. The van der Waals surface area contributed by atoms with E-state index in [0.717, 1.165) is 19.3 Å². The first-order valence-corrected chi connectivity index (χ1v) is 10.7. The van der Waals surface area contributed by atoms with E-state index in [1.807, 2.05) is 0 Å². The molecular weight excluding hydrogens is 391 g/mol. The summed E-state index contributed by atoms with van der Waals surface area (Å²) in [6.45, 7) is 1.67. The predicted octanol–water partition coefficient (Wildman–Crippen LogP) is 2.86. The summed E-state index contributed by atoms with van der Waals surface area (Å²) in [6.07, 6.45) is 6.69. The van der Waals surface area contributed by atoms with Crippen molar-refractivity contribution in [2.75, 3.05) is 5.32 Å². The summed E-state index contributed by atoms with van der Waals surface area (Å²) in [5.74, 6) is 1.33. The van der Waals surface area contributed by atoms with Crippen molar-refractivity contribution in [2.24, 2.45) is 23.2 Å². The maximum atomic E-state index is 13.0. The lowest BCUT2D eigenvalue weighted by Crippen LogP contribution is -2.58. The van der Waals surface area contributed by atoms with Crippen LogP contribution in [0.4, 0.5) is 10.1 Å². The highest BCUT2D eigenvalue weighted by Crippen LogP contribution is 2.60. The molecule has 4 fully saturated rings. The number of halogens is 1. The zero-order valence-corrected chi connectivity index (χ0v) is 17.3. The quantitative estimate of drug-likeness (QED) is 0.447. The Bertz CT molecular complexity index is 778. The molecule has 4 saturated carbocycles. The van der Waals surface area contributed by atoms with Crippen LogP contribution in [0.1, 0.15) is 45.4 Å². The molecule has 0 aromatic heterocycles. The summed E-state index contributed by atoms with van der Waals surface area (Å²) < 4.78 is 12.9. The topological polar surface area (TPSA) is 82.3 Å². The number of rotatable bonds is 4. The molecule has 1 aromatic rings. The zero-order chi connectivity index (χ0) is 20.6. The number of hydrazine groups is 1. The average Bonchev–Trinajstić information content (AvgIpc) is 2.66. The minimum Gasteiger partial charge on any atom is -0.344 e. The van der Waals surface area contributed by atoms with Gasteiger partial charge in [0.25, 0.3) is 5.91 Å². The molecule has 4 aliphatic carbocycles. The van der Waals surface area contributed by atoms with Crippen molar-refractivity contribution < 1.29 is 14.0 Å². The lowest BCUT2D eigenvalue weighted by Gasteiger charge is -2.55. The molecule has 156 valence electrons. The molecule has 0 aliphatic heterocycles. The van der Waals surface area contributed by atoms with Crippen LogP contribution in [-0.2, 0) is 9.59 Å². The third-order valence-electron chi connectivity index (χ3n) is 6.66. The minimum absolute atomic E-state index is 0.0197. The van der Waals surface area contributed by atoms with Gasteiger partial charge in [0.05, 0.1) is 0 Å². The molecule has 1 atom stereocenters. The summed E-state index contributed by atoms with van der Waals surface area (Å²) in [5, 5.41) is 5.94. The monoisotopic (exact) mass is 418 g/mol. The Morgan fingerprint density at radius 2 is 1.59 bits per heavy atom. The third-order valence-corrected chi connectivity index (χ3v) is 6.87. The Morgan fingerprint density at radius 1 is 1.03 bits per heavy atom. The third kappa shape index (κ3) is 4.37. The van der Waals surface area contributed by atoms with Gasteiger partial charge in [-0.1, -0.05) is 0 Å². The van der Waals surface area contributed by atoms with Gasteiger partial charge in [-0.2, -0.15) is 0 Å². The van der Waals surface area contributed by atoms with Crippen molar-refractivity contribution >= 4 is 34.8 Å². The smallest absolute Gasteiger partial charge is 0.260 e. The van der Waals surface area contributed by atoms with Gasteiger partial charge in [0.2, 0.25) is 5.91 Å². The first kappa shape index (κ1) is 20.1. The van der Waals surface area contributed by atoms with E-state index in [0.29, 0.717) is 23.4 Å². The Balaban J connectivity index is 1.25. The number of thiocarbonyl (C=S) groups is 1. The van der Waals surface area contributed by atoms with Gasteiger partial charge in [-0.15, -0.1) is 0 Å². The molecule has 0 heterocycles. The summed E-state index contributed by atoms with van der Waals surface area (Å²) in [7, 11) is 0. The molecule has 0 spiro atoms. The lowest BCUT2D eigenvalue weighted by molar-refractivity contribution is -0.148. The van der Waals surface area contributed by atoms with Gasteiger partial charge in [-0.05, 0) is 99.7 Å². The van der Waals surface area contributed by atoms with Gasteiger partial charge in [0.15, 0.2) is 5.11 Å². The molecule has 29 heavy (non-hydrogen) atoms. The summed E-state index contributed by atoms with van der Waals surface area (Å²) >= 11 is 5.12. The molecule has 6 nitrogen and oxygen atoms in total. The molecule has 4 aliphatic rings. The molecule has 5 rings (SSSR count). The van der Waals surface area contributed by atoms with E-state index in [-0.39, 0.29) is 28.2 Å². The van der Waals surface area contributed by atoms with Crippen LogP contribution in [0.3, 0.4) is 0 Å². The molecule has 8 heteroatoms. The van der Waals surface area contributed by atoms with Crippen molar-refractivity contribution in [3.63, 3.8) is 0 Å². The van der Waals surface area contributed by atoms with E-state index in [1.54, 1.807) is 19.1 Å². The SMILES string of the molecule is C[C@H](NC(=O)C12CC3CC(CC(C3)C1)C2)C(=O)NNC(=S)Nc1ccc(F)cc1. The summed E-state index contributed by atoms with van der Waals surface area (Å²) in [5.41, 5.74) is 5.44. The Labute approximate surface area is 175 Å². The van der Waals surface area contributed by atoms with Crippen LogP contribution in [0.5, 0.6) is 0 Å². The van der Waals surface area contributed by atoms with Crippen LogP contribution in [0.15, 0.2) is 24.3 Å². The second-order valence-electron chi connectivity index (χ2n) is 8.97. The Morgan fingerprint density at radius 3 is 2.14 bits per heavy atom. The van der Waals surface area contributed by atoms with Gasteiger partial charge in [0.1, 0.15) is 11.9 Å². The molecule has 1 aromatic carbocycles. The van der Waals surface area contributed by atoms with E-state index in [9.17, 15) is 14.0 Å². The number of benzene rings is 1. The fourth-order valence-electron chi connectivity index (χ4n) is 5.73. The first-order chi connectivity index (χ1) is 13.8. The van der Waals surface area contributed by atoms with Crippen LogP contribution in [0.25, 0.3) is 0 Å². The van der Waals surface area contributed by atoms with Gasteiger partial charge >= 0.3 is 0 Å². The predicted molar refractivity (Wildman–Crippen MR) is 112 cm³/mol. The van der Waals surface area contributed by atoms with Crippen LogP contribution < -0.4 is 21.5 Å². The largest absolute Gasteiger partial charge is 0.344 e. The summed E-state index contributed by atoms with van der Waals surface area (Å²) in [6, 6.07) is 5.03.